The Kier molecular flexibility index (Phi) is 12.8. The summed E-state index contributed by atoms with van der Waals surface area (Å²) < 4.78 is 10.5. The third-order valence-electron chi connectivity index (χ3n) is 6.51. The number of hydrogen-bond acceptors (Lipinski definition) is 7. The fraction of sp³-hybridized carbons (Fsp3) is 0.630. The fourth-order valence-corrected chi connectivity index (χ4v) is 5.60. The lowest BCUT2D eigenvalue weighted by atomic mass is 9.91. The Morgan fingerprint density at radius 2 is 1.76 bits per heavy atom. The number of carbonyl (C=O) groups is 4. The molecule has 0 bridgehead atoms. The molecule has 3 N–H and O–H groups in total. The van der Waals surface area contributed by atoms with E-state index in [1.807, 2.05) is 0 Å². The molecule has 1 fully saturated rings. The topological polar surface area (TPSA) is 131 Å². The van der Waals surface area contributed by atoms with E-state index in [4.69, 9.17) is 9.47 Å². The molecule has 37 heavy (non-hydrogen) atoms. The van der Waals surface area contributed by atoms with Crippen molar-refractivity contribution in [2.45, 2.75) is 70.9 Å². The zero-order valence-corrected chi connectivity index (χ0v) is 23.0. The summed E-state index contributed by atoms with van der Waals surface area (Å²) in [7, 11) is 3.02. The first-order valence-electron chi connectivity index (χ1n) is 12.8. The van der Waals surface area contributed by atoms with Crippen molar-refractivity contribution in [2.24, 2.45) is 11.8 Å². The predicted octanol–water partition coefficient (Wildman–Crippen LogP) is 3.23. The Hall–Kier alpha value is -2.75. The number of rotatable bonds is 15. The number of methoxy groups -OCH3 is 2. The van der Waals surface area contributed by atoms with E-state index in [9.17, 15) is 24.3 Å². The van der Waals surface area contributed by atoms with Gasteiger partial charge in [-0.25, -0.2) is 0 Å². The molecule has 1 aromatic rings. The lowest BCUT2D eigenvalue weighted by molar-refractivity contribution is -0.140. The SMILES string of the molecule is COc1ccc(OC)c(CC(=O)N[C@H](C(=O)NC(CC(=O)O)C(=O)CSCC2CCCCC2)C(C)C)c1. The number of carboxylic acid groups (broad SMARTS) is 1. The van der Waals surface area contributed by atoms with E-state index in [1.165, 1.54) is 45.2 Å². The van der Waals surface area contributed by atoms with Gasteiger partial charge in [0.1, 0.15) is 17.5 Å². The molecule has 0 saturated heterocycles. The molecule has 9 nitrogen and oxygen atoms in total. The van der Waals surface area contributed by atoms with Crippen molar-refractivity contribution in [2.75, 3.05) is 25.7 Å². The van der Waals surface area contributed by atoms with Crippen molar-refractivity contribution in [3.8, 4) is 11.5 Å². The number of carbonyl (C=O) groups excluding carboxylic acids is 3. The summed E-state index contributed by atoms with van der Waals surface area (Å²) in [4.78, 5) is 50.2. The maximum Gasteiger partial charge on any atom is 0.305 e. The number of hydrogen-bond donors (Lipinski definition) is 3. The number of carboxylic acids is 1. The highest BCUT2D eigenvalue weighted by atomic mass is 32.2. The van der Waals surface area contributed by atoms with Crippen LogP contribution in [-0.4, -0.2) is 66.5 Å². The molecule has 2 rings (SSSR count). The molecule has 1 saturated carbocycles. The number of Topliss-reactive ketones (excluding diaryl/α,β-unsaturated/α-hetero) is 1. The van der Waals surface area contributed by atoms with Gasteiger partial charge in [-0.2, -0.15) is 11.8 Å². The summed E-state index contributed by atoms with van der Waals surface area (Å²) in [6.45, 7) is 3.54. The van der Waals surface area contributed by atoms with Crippen molar-refractivity contribution in [3.05, 3.63) is 23.8 Å². The minimum atomic E-state index is -1.17. The number of amides is 2. The number of ketones is 1. The molecule has 1 unspecified atom stereocenters. The molecule has 1 aromatic carbocycles. The number of ether oxygens (including phenoxy) is 2. The first-order valence-corrected chi connectivity index (χ1v) is 13.9. The third-order valence-corrected chi connectivity index (χ3v) is 7.71. The van der Waals surface area contributed by atoms with E-state index >= 15 is 0 Å². The maximum absolute atomic E-state index is 13.1. The average Bonchev–Trinajstić information content (AvgIpc) is 2.86. The van der Waals surface area contributed by atoms with Crippen LogP contribution in [0.1, 0.15) is 57.9 Å². The monoisotopic (exact) mass is 536 g/mol. The Morgan fingerprint density at radius 1 is 1.05 bits per heavy atom. The van der Waals surface area contributed by atoms with E-state index in [0.717, 1.165) is 18.6 Å². The minimum Gasteiger partial charge on any atom is -0.497 e. The van der Waals surface area contributed by atoms with E-state index in [2.05, 4.69) is 10.6 Å². The summed E-state index contributed by atoms with van der Waals surface area (Å²) in [5.41, 5.74) is 0.594. The quantitative estimate of drug-likeness (QED) is 0.311. The van der Waals surface area contributed by atoms with Crippen molar-refractivity contribution < 1.29 is 33.8 Å². The van der Waals surface area contributed by atoms with Crippen LogP contribution in [0, 0.1) is 11.8 Å². The van der Waals surface area contributed by atoms with Crippen LogP contribution in [0.5, 0.6) is 11.5 Å². The highest BCUT2D eigenvalue weighted by molar-refractivity contribution is 7.99. The van der Waals surface area contributed by atoms with Gasteiger partial charge in [0.15, 0.2) is 5.78 Å². The lowest BCUT2D eigenvalue weighted by Crippen LogP contribution is -2.54. The summed E-state index contributed by atoms with van der Waals surface area (Å²) >= 11 is 1.50. The van der Waals surface area contributed by atoms with Crippen molar-refractivity contribution in [1.29, 1.82) is 0 Å². The Labute approximate surface area is 223 Å². The van der Waals surface area contributed by atoms with Crippen LogP contribution in [0.25, 0.3) is 0 Å². The largest absolute Gasteiger partial charge is 0.497 e. The molecule has 0 radical (unpaired) electrons. The molecule has 0 heterocycles. The van der Waals surface area contributed by atoms with Crippen LogP contribution in [0.15, 0.2) is 18.2 Å². The zero-order chi connectivity index (χ0) is 27.4. The van der Waals surface area contributed by atoms with Crippen molar-refractivity contribution in [3.63, 3.8) is 0 Å². The van der Waals surface area contributed by atoms with Gasteiger partial charge in [-0.1, -0.05) is 33.1 Å². The van der Waals surface area contributed by atoms with E-state index in [-0.39, 0.29) is 23.9 Å². The summed E-state index contributed by atoms with van der Waals surface area (Å²) in [5, 5.41) is 14.6. The van der Waals surface area contributed by atoms with Crippen LogP contribution in [0.4, 0.5) is 0 Å². The first-order chi connectivity index (χ1) is 17.6. The predicted molar refractivity (Wildman–Crippen MR) is 143 cm³/mol. The summed E-state index contributed by atoms with van der Waals surface area (Å²) in [6.07, 6.45) is 5.45. The van der Waals surface area contributed by atoms with Gasteiger partial charge in [0.05, 0.1) is 38.9 Å². The molecule has 0 aliphatic heterocycles. The highest BCUT2D eigenvalue weighted by Crippen LogP contribution is 2.27. The molecule has 2 amide bonds. The van der Waals surface area contributed by atoms with Gasteiger partial charge in [0.25, 0.3) is 0 Å². The molecular weight excluding hydrogens is 496 g/mol. The molecule has 206 valence electrons. The molecule has 0 spiro atoms. The van der Waals surface area contributed by atoms with Gasteiger partial charge in [0.2, 0.25) is 11.8 Å². The second-order valence-electron chi connectivity index (χ2n) is 9.79. The summed E-state index contributed by atoms with van der Waals surface area (Å²) in [5.74, 6) is -0.126. The molecule has 0 aromatic heterocycles. The van der Waals surface area contributed by atoms with Crippen LogP contribution in [-0.2, 0) is 25.6 Å². The number of aliphatic carboxylic acids is 1. The molecular formula is C27H40N2O7S. The van der Waals surface area contributed by atoms with E-state index < -0.39 is 36.3 Å². The minimum absolute atomic E-state index is 0.0494. The summed E-state index contributed by atoms with van der Waals surface area (Å²) in [6, 6.07) is 3.01. The Balaban J connectivity index is 2.00. The fourth-order valence-electron chi connectivity index (χ4n) is 4.41. The van der Waals surface area contributed by atoms with Gasteiger partial charge >= 0.3 is 5.97 Å². The zero-order valence-electron chi connectivity index (χ0n) is 22.2. The Morgan fingerprint density at radius 3 is 2.35 bits per heavy atom. The second kappa shape index (κ2) is 15.5. The van der Waals surface area contributed by atoms with Crippen molar-refractivity contribution in [1.82, 2.24) is 10.6 Å². The average molecular weight is 537 g/mol. The number of thioether (sulfide) groups is 1. The third kappa shape index (κ3) is 10.3. The van der Waals surface area contributed by atoms with Gasteiger partial charge < -0.3 is 25.2 Å². The number of benzene rings is 1. The second-order valence-corrected chi connectivity index (χ2v) is 10.8. The van der Waals surface area contributed by atoms with Gasteiger partial charge in [-0.3, -0.25) is 19.2 Å². The van der Waals surface area contributed by atoms with Crippen molar-refractivity contribution >= 4 is 35.3 Å². The van der Waals surface area contributed by atoms with Gasteiger partial charge in [-0.05, 0) is 48.6 Å². The molecule has 2 atom stereocenters. The first kappa shape index (κ1) is 30.5. The Bertz CT molecular complexity index is 931. The standard InChI is InChI=1S/C27H40N2O7S/c1-17(2)26(29-24(31)13-19-12-20(35-3)10-11-23(19)36-4)27(34)28-21(14-25(32)33)22(30)16-37-15-18-8-6-5-7-9-18/h10-12,17-18,21,26H,5-9,13-16H2,1-4H3,(H,28,34)(H,29,31)(H,32,33)/t21?,26-/m0/s1. The van der Waals surface area contributed by atoms with E-state index in [1.54, 1.807) is 32.0 Å². The maximum atomic E-state index is 13.1. The highest BCUT2D eigenvalue weighted by Gasteiger charge is 2.30. The van der Waals surface area contributed by atoms with Crippen LogP contribution in [0.2, 0.25) is 0 Å². The number of nitrogens with one attached hydrogen (secondary N) is 2. The van der Waals surface area contributed by atoms with E-state index in [0.29, 0.717) is 23.0 Å². The molecule has 1 aliphatic carbocycles. The lowest BCUT2D eigenvalue weighted by Gasteiger charge is -2.25. The smallest absolute Gasteiger partial charge is 0.305 e. The molecule has 1 aliphatic rings. The van der Waals surface area contributed by atoms with Gasteiger partial charge in [0, 0.05) is 5.56 Å². The van der Waals surface area contributed by atoms with Crippen LogP contribution < -0.4 is 20.1 Å². The normalized spacial score (nSPS) is 15.5. The molecule has 10 heteroatoms. The van der Waals surface area contributed by atoms with Gasteiger partial charge in [-0.15, -0.1) is 0 Å². The van der Waals surface area contributed by atoms with Crippen LogP contribution in [0.3, 0.4) is 0 Å². The van der Waals surface area contributed by atoms with Crippen LogP contribution >= 0.6 is 11.8 Å².